The largest absolute Gasteiger partial charge is 0.338 e. The molecule has 0 radical (unpaired) electrons. The van der Waals surface area contributed by atoms with Crippen LogP contribution in [0.25, 0.3) is 0 Å². The second-order valence-corrected chi connectivity index (χ2v) is 2.68. The fourth-order valence-electron chi connectivity index (χ4n) is 0.551. The van der Waals surface area contributed by atoms with Crippen LogP contribution in [0.2, 0.25) is 0 Å². The molecular formula is C3H8IN5. The van der Waals surface area contributed by atoms with E-state index in [1.165, 1.54) is 0 Å². The van der Waals surface area contributed by atoms with E-state index < -0.39 is 0 Å². The summed E-state index contributed by atoms with van der Waals surface area (Å²) in [5.74, 6) is 0. The fraction of sp³-hybridized carbons (Fsp3) is 0.667. The van der Waals surface area contributed by atoms with Gasteiger partial charge in [0, 0.05) is 0 Å². The van der Waals surface area contributed by atoms with Gasteiger partial charge in [-0.2, -0.15) is 0 Å². The summed E-state index contributed by atoms with van der Waals surface area (Å²) >= 11 is 2.03. The molecule has 0 saturated carbocycles. The Morgan fingerprint density at radius 3 is 2.67 bits per heavy atom. The number of nitrogens with one attached hydrogen (secondary N) is 2. The van der Waals surface area contributed by atoms with Crippen LogP contribution in [-0.2, 0) is 0 Å². The zero-order valence-electron chi connectivity index (χ0n) is 4.63. The molecule has 0 spiro atoms. The molecule has 6 N–H and O–H groups in total. The first-order chi connectivity index (χ1) is 4.18. The summed E-state index contributed by atoms with van der Waals surface area (Å²) in [4.78, 5) is 3.91. The minimum atomic E-state index is -0.367. The number of nitrogens with two attached hydrogens (primary N) is 2. The summed E-state index contributed by atoms with van der Waals surface area (Å²) < 4.78 is 0.742. The fourth-order valence-corrected chi connectivity index (χ4v) is 1.19. The van der Waals surface area contributed by atoms with Crippen LogP contribution in [0.3, 0.4) is 0 Å². The van der Waals surface area contributed by atoms with Gasteiger partial charge in [0.05, 0.1) is 0 Å². The number of nitrogens with zero attached hydrogens (tertiary/aromatic N) is 1. The van der Waals surface area contributed by atoms with Gasteiger partial charge < -0.3 is 5.32 Å². The van der Waals surface area contributed by atoms with Crippen LogP contribution in [0, 0.1) is 0 Å². The van der Waals surface area contributed by atoms with Crippen molar-refractivity contribution >= 4 is 26.4 Å². The highest BCUT2D eigenvalue weighted by atomic mass is 127. The molecule has 52 valence electrons. The van der Waals surface area contributed by atoms with Gasteiger partial charge in [0.25, 0.3) is 0 Å². The first kappa shape index (κ1) is 7.19. The van der Waals surface area contributed by atoms with E-state index in [4.69, 9.17) is 11.5 Å². The molecule has 1 aliphatic heterocycles. The first-order valence-corrected chi connectivity index (χ1v) is 3.53. The number of aliphatic imine (C=N–C) groups is 1. The van der Waals surface area contributed by atoms with Crippen molar-refractivity contribution in [2.24, 2.45) is 16.5 Å². The SMILES string of the molecule is NC1N=C(I)N[C@H](N)N1. The normalized spacial score (nSPS) is 35.2. The predicted molar refractivity (Wildman–Crippen MR) is 43.7 cm³/mol. The van der Waals surface area contributed by atoms with Crippen molar-refractivity contribution in [3.63, 3.8) is 0 Å². The minimum absolute atomic E-state index is 0.274. The molecule has 2 atom stereocenters. The van der Waals surface area contributed by atoms with Gasteiger partial charge in [0.15, 0.2) is 10.1 Å². The van der Waals surface area contributed by atoms with Crippen LogP contribution in [0.1, 0.15) is 0 Å². The second-order valence-electron chi connectivity index (χ2n) is 1.65. The maximum absolute atomic E-state index is 5.43. The van der Waals surface area contributed by atoms with Gasteiger partial charge >= 0.3 is 0 Å². The minimum Gasteiger partial charge on any atom is -0.338 e. The van der Waals surface area contributed by atoms with Gasteiger partial charge in [-0.25, -0.2) is 4.99 Å². The van der Waals surface area contributed by atoms with Crippen molar-refractivity contribution in [3.8, 4) is 0 Å². The average molecular weight is 241 g/mol. The summed E-state index contributed by atoms with van der Waals surface area (Å²) in [5.41, 5.74) is 10.8. The second kappa shape index (κ2) is 2.78. The van der Waals surface area contributed by atoms with Crippen LogP contribution in [-0.4, -0.2) is 16.4 Å². The third kappa shape index (κ3) is 2.05. The number of halogens is 1. The van der Waals surface area contributed by atoms with E-state index in [9.17, 15) is 0 Å². The lowest BCUT2D eigenvalue weighted by atomic mass is 10.7. The number of hydrogen-bond acceptors (Lipinski definition) is 5. The van der Waals surface area contributed by atoms with Gasteiger partial charge in [-0.05, 0) is 22.6 Å². The zero-order valence-corrected chi connectivity index (χ0v) is 6.79. The molecule has 0 aromatic rings. The third-order valence-electron chi connectivity index (χ3n) is 0.877. The molecule has 0 aromatic heterocycles. The molecule has 0 saturated heterocycles. The topological polar surface area (TPSA) is 88.5 Å². The van der Waals surface area contributed by atoms with Crippen molar-refractivity contribution in [2.75, 3.05) is 0 Å². The van der Waals surface area contributed by atoms with Gasteiger partial charge in [0.2, 0.25) is 0 Å². The van der Waals surface area contributed by atoms with E-state index in [0.29, 0.717) is 0 Å². The van der Waals surface area contributed by atoms with E-state index >= 15 is 0 Å². The van der Waals surface area contributed by atoms with Crippen LogP contribution in [0.4, 0.5) is 0 Å². The molecule has 0 aliphatic carbocycles. The van der Waals surface area contributed by atoms with E-state index in [1.54, 1.807) is 0 Å². The van der Waals surface area contributed by atoms with Gasteiger partial charge in [-0.3, -0.25) is 16.8 Å². The maximum Gasteiger partial charge on any atom is 0.165 e. The average Bonchev–Trinajstić information content (AvgIpc) is 1.59. The standard InChI is InChI=1S/C3H8IN5/c4-1-7-2(5)9-3(6)8-1/h2-3,9H,5-6H2,(H,7,8)/t2-,3?/m0/s1. The lowest BCUT2D eigenvalue weighted by Crippen LogP contribution is -2.60. The zero-order chi connectivity index (χ0) is 6.85. The summed E-state index contributed by atoms with van der Waals surface area (Å²) in [5, 5.41) is 5.59. The summed E-state index contributed by atoms with van der Waals surface area (Å²) in [7, 11) is 0. The molecule has 0 bridgehead atoms. The molecule has 9 heavy (non-hydrogen) atoms. The van der Waals surface area contributed by atoms with Gasteiger partial charge in [0.1, 0.15) is 6.29 Å². The van der Waals surface area contributed by atoms with Crippen molar-refractivity contribution in [2.45, 2.75) is 12.6 Å². The Bertz CT molecular complexity index is 134. The van der Waals surface area contributed by atoms with Crippen LogP contribution in [0.5, 0.6) is 0 Å². The van der Waals surface area contributed by atoms with Crippen LogP contribution < -0.4 is 22.1 Å². The Balaban J connectivity index is 2.56. The predicted octanol–water partition coefficient (Wildman–Crippen LogP) is -1.55. The molecule has 0 aromatic carbocycles. The first-order valence-electron chi connectivity index (χ1n) is 2.45. The third-order valence-corrected chi connectivity index (χ3v) is 1.47. The Morgan fingerprint density at radius 1 is 1.56 bits per heavy atom. The van der Waals surface area contributed by atoms with E-state index in [-0.39, 0.29) is 12.6 Å². The van der Waals surface area contributed by atoms with E-state index in [0.717, 1.165) is 3.84 Å². The summed E-state index contributed by atoms with van der Waals surface area (Å²) in [6.45, 7) is 0. The summed E-state index contributed by atoms with van der Waals surface area (Å²) in [6.07, 6.45) is -0.641. The van der Waals surface area contributed by atoms with Crippen molar-refractivity contribution in [3.05, 3.63) is 0 Å². The molecular weight excluding hydrogens is 233 g/mol. The monoisotopic (exact) mass is 241 g/mol. The van der Waals surface area contributed by atoms with Crippen LogP contribution in [0.15, 0.2) is 4.99 Å². The van der Waals surface area contributed by atoms with Crippen molar-refractivity contribution in [1.82, 2.24) is 10.6 Å². The lowest BCUT2D eigenvalue weighted by Gasteiger charge is -2.23. The van der Waals surface area contributed by atoms with Crippen molar-refractivity contribution in [1.29, 1.82) is 0 Å². The Morgan fingerprint density at radius 2 is 2.22 bits per heavy atom. The molecule has 1 heterocycles. The summed E-state index contributed by atoms with van der Waals surface area (Å²) in [6, 6.07) is 0. The van der Waals surface area contributed by atoms with Crippen molar-refractivity contribution < 1.29 is 0 Å². The van der Waals surface area contributed by atoms with Gasteiger partial charge in [-0.15, -0.1) is 0 Å². The molecule has 6 heteroatoms. The lowest BCUT2D eigenvalue weighted by molar-refractivity contribution is 0.411. The molecule has 1 aliphatic rings. The molecule has 5 nitrogen and oxygen atoms in total. The molecule has 1 unspecified atom stereocenters. The molecule has 0 amide bonds. The highest BCUT2D eigenvalue weighted by Crippen LogP contribution is 1.93. The number of rotatable bonds is 0. The van der Waals surface area contributed by atoms with Gasteiger partial charge in [-0.1, -0.05) is 0 Å². The molecule has 1 rings (SSSR count). The highest BCUT2D eigenvalue weighted by molar-refractivity contribution is 14.1. The maximum atomic E-state index is 5.43. The Labute approximate surface area is 66.4 Å². The number of amidine groups is 1. The van der Waals surface area contributed by atoms with E-state index in [1.807, 2.05) is 22.6 Å². The smallest absolute Gasteiger partial charge is 0.165 e. The molecule has 0 fully saturated rings. The Kier molecular flexibility index (Phi) is 2.22. The Hall–Kier alpha value is 0.0800. The quantitative estimate of drug-likeness (QED) is 0.305. The van der Waals surface area contributed by atoms with E-state index in [2.05, 4.69) is 15.6 Å². The highest BCUT2D eigenvalue weighted by Gasteiger charge is 2.12. The van der Waals surface area contributed by atoms with Crippen LogP contribution >= 0.6 is 22.6 Å². The number of hydrogen-bond donors (Lipinski definition) is 4.